The lowest BCUT2D eigenvalue weighted by molar-refractivity contribution is 0.173. The van der Waals surface area contributed by atoms with Crippen molar-refractivity contribution < 1.29 is 14.2 Å². The fraction of sp³-hybridized carbons (Fsp3) is 0.357. The van der Waals surface area contributed by atoms with Crippen molar-refractivity contribution >= 4 is 0 Å². The van der Waals surface area contributed by atoms with E-state index in [1.54, 1.807) is 6.20 Å². The molecule has 1 aromatic heterocycles. The van der Waals surface area contributed by atoms with Gasteiger partial charge < -0.3 is 24.5 Å². The van der Waals surface area contributed by atoms with E-state index in [0.717, 1.165) is 29.4 Å². The fourth-order valence-electron chi connectivity index (χ4n) is 2.15. The highest BCUT2D eigenvalue weighted by Crippen LogP contribution is 2.37. The Bertz CT molecular complexity index is 610. The second-order valence-corrected chi connectivity index (χ2v) is 4.53. The molecule has 6 nitrogen and oxygen atoms in total. The Labute approximate surface area is 117 Å². The second kappa shape index (κ2) is 5.42. The summed E-state index contributed by atoms with van der Waals surface area (Å²) >= 11 is 0. The Morgan fingerprint density at radius 2 is 2.15 bits per heavy atom. The molecule has 3 rings (SSSR count). The van der Waals surface area contributed by atoms with Crippen LogP contribution in [0.4, 0.5) is 0 Å². The summed E-state index contributed by atoms with van der Waals surface area (Å²) in [5, 5.41) is 0. The predicted octanol–water partition coefficient (Wildman–Crippen LogP) is 1.46. The largest absolute Gasteiger partial charge is 0.491 e. The number of hydrogen-bond donors (Lipinski definition) is 1. The molecule has 0 spiro atoms. The summed E-state index contributed by atoms with van der Waals surface area (Å²) in [7, 11) is 0. The summed E-state index contributed by atoms with van der Waals surface area (Å²) in [5.41, 5.74) is 6.66. The SMILES string of the molecule is Cc1nccn1CCOc1cc2c(cc1CN)OCO2. The number of rotatable bonds is 5. The highest BCUT2D eigenvalue weighted by molar-refractivity contribution is 5.51. The molecule has 20 heavy (non-hydrogen) atoms. The van der Waals surface area contributed by atoms with Crippen LogP contribution in [0.3, 0.4) is 0 Å². The lowest BCUT2D eigenvalue weighted by Gasteiger charge is -2.12. The van der Waals surface area contributed by atoms with Crippen molar-refractivity contribution in [1.29, 1.82) is 0 Å². The van der Waals surface area contributed by atoms with Crippen molar-refractivity contribution in [2.45, 2.75) is 20.0 Å². The van der Waals surface area contributed by atoms with Gasteiger partial charge in [0.1, 0.15) is 18.2 Å². The van der Waals surface area contributed by atoms with Crippen LogP contribution in [0, 0.1) is 6.92 Å². The maximum Gasteiger partial charge on any atom is 0.231 e. The van der Waals surface area contributed by atoms with Crippen molar-refractivity contribution in [3.8, 4) is 17.2 Å². The average molecular weight is 275 g/mol. The molecule has 6 heteroatoms. The van der Waals surface area contributed by atoms with E-state index in [9.17, 15) is 0 Å². The molecule has 1 aliphatic rings. The van der Waals surface area contributed by atoms with E-state index in [2.05, 4.69) is 4.98 Å². The fourth-order valence-corrected chi connectivity index (χ4v) is 2.15. The third-order valence-electron chi connectivity index (χ3n) is 3.29. The van der Waals surface area contributed by atoms with Crippen molar-refractivity contribution in [2.75, 3.05) is 13.4 Å². The highest BCUT2D eigenvalue weighted by Gasteiger charge is 2.17. The molecule has 1 aromatic carbocycles. The Balaban J connectivity index is 1.69. The van der Waals surface area contributed by atoms with E-state index in [1.807, 2.05) is 29.8 Å². The van der Waals surface area contributed by atoms with Gasteiger partial charge in [-0.15, -0.1) is 0 Å². The lowest BCUT2D eigenvalue weighted by atomic mass is 10.2. The molecule has 106 valence electrons. The molecule has 0 radical (unpaired) electrons. The first-order chi connectivity index (χ1) is 9.78. The van der Waals surface area contributed by atoms with Crippen LogP contribution in [-0.4, -0.2) is 23.0 Å². The van der Waals surface area contributed by atoms with Gasteiger partial charge in [-0.1, -0.05) is 0 Å². The molecule has 0 bridgehead atoms. The molecule has 0 unspecified atom stereocenters. The van der Waals surface area contributed by atoms with Gasteiger partial charge in [0.2, 0.25) is 6.79 Å². The summed E-state index contributed by atoms with van der Waals surface area (Å²) < 4.78 is 18.5. The summed E-state index contributed by atoms with van der Waals surface area (Å²) in [6, 6.07) is 3.71. The number of hydrogen-bond acceptors (Lipinski definition) is 5. The molecule has 0 saturated heterocycles. The van der Waals surface area contributed by atoms with E-state index in [1.165, 1.54) is 0 Å². The van der Waals surface area contributed by atoms with Crippen LogP contribution in [0.25, 0.3) is 0 Å². The molecule has 2 aromatic rings. The van der Waals surface area contributed by atoms with Crippen molar-refractivity contribution in [3.05, 3.63) is 35.9 Å². The van der Waals surface area contributed by atoms with Crippen molar-refractivity contribution in [2.24, 2.45) is 5.73 Å². The third kappa shape index (κ3) is 2.42. The minimum Gasteiger partial charge on any atom is -0.491 e. The zero-order valence-electron chi connectivity index (χ0n) is 11.3. The average Bonchev–Trinajstić information content (AvgIpc) is 3.06. The van der Waals surface area contributed by atoms with Crippen LogP contribution in [0.15, 0.2) is 24.5 Å². The quantitative estimate of drug-likeness (QED) is 0.894. The number of aromatic nitrogens is 2. The Morgan fingerprint density at radius 3 is 2.85 bits per heavy atom. The number of aryl methyl sites for hydroxylation is 1. The van der Waals surface area contributed by atoms with Gasteiger partial charge in [-0.3, -0.25) is 0 Å². The van der Waals surface area contributed by atoms with Gasteiger partial charge in [-0.2, -0.15) is 0 Å². The minimum absolute atomic E-state index is 0.247. The predicted molar refractivity (Wildman–Crippen MR) is 72.9 cm³/mol. The van der Waals surface area contributed by atoms with Gasteiger partial charge in [0, 0.05) is 30.6 Å². The van der Waals surface area contributed by atoms with Crippen LogP contribution in [-0.2, 0) is 13.1 Å². The first-order valence-corrected chi connectivity index (χ1v) is 6.51. The number of nitrogens with two attached hydrogens (primary N) is 1. The Morgan fingerprint density at radius 1 is 1.35 bits per heavy atom. The molecule has 0 fully saturated rings. The van der Waals surface area contributed by atoms with Crippen LogP contribution in [0.2, 0.25) is 0 Å². The van der Waals surface area contributed by atoms with Gasteiger partial charge >= 0.3 is 0 Å². The molecule has 0 amide bonds. The van der Waals surface area contributed by atoms with Gasteiger partial charge in [0.15, 0.2) is 11.5 Å². The van der Waals surface area contributed by atoms with Gasteiger partial charge in [0.25, 0.3) is 0 Å². The summed E-state index contributed by atoms with van der Waals surface area (Å²) in [6.07, 6.45) is 3.71. The first-order valence-electron chi connectivity index (χ1n) is 6.51. The zero-order chi connectivity index (χ0) is 13.9. The first kappa shape index (κ1) is 12.8. The van der Waals surface area contributed by atoms with Gasteiger partial charge in [0.05, 0.1) is 6.54 Å². The van der Waals surface area contributed by atoms with Crippen LogP contribution < -0.4 is 19.9 Å². The summed E-state index contributed by atoms with van der Waals surface area (Å²) in [4.78, 5) is 4.17. The van der Waals surface area contributed by atoms with Crippen molar-refractivity contribution in [3.63, 3.8) is 0 Å². The maximum atomic E-state index is 5.82. The lowest BCUT2D eigenvalue weighted by Crippen LogP contribution is -2.10. The zero-order valence-corrected chi connectivity index (χ0v) is 11.3. The van der Waals surface area contributed by atoms with Crippen LogP contribution >= 0.6 is 0 Å². The molecule has 0 aliphatic carbocycles. The number of nitrogens with zero attached hydrogens (tertiary/aromatic N) is 2. The number of imidazole rings is 1. The standard InChI is InChI=1S/C14H17N3O3/c1-10-16-2-3-17(10)4-5-18-12-7-14-13(19-9-20-14)6-11(12)8-15/h2-3,6-7H,4-5,8-9,15H2,1H3. The van der Waals surface area contributed by atoms with Crippen molar-refractivity contribution in [1.82, 2.24) is 9.55 Å². The number of ether oxygens (including phenoxy) is 3. The third-order valence-corrected chi connectivity index (χ3v) is 3.29. The molecule has 1 aliphatic heterocycles. The van der Waals surface area contributed by atoms with E-state index in [4.69, 9.17) is 19.9 Å². The van der Waals surface area contributed by atoms with Crippen LogP contribution in [0.5, 0.6) is 17.2 Å². The number of fused-ring (bicyclic) bond motifs is 1. The Hall–Kier alpha value is -2.21. The molecular weight excluding hydrogens is 258 g/mol. The van der Waals surface area contributed by atoms with Crippen LogP contribution in [0.1, 0.15) is 11.4 Å². The van der Waals surface area contributed by atoms with E-state index in [0.29, 0.717) is 18.9 Å². The van der Waals surface area contributed by atoms with E-state index in [-0.39, 0.29) is 6.79 Å². The molecule has 0 atom stereocenters. The second-order valence-electron chi connectivity index (χ2n) is 4.53. The Kier molecular flexibility index (Phi) is 3.47. The van der Waals surface area contributed by atoms with Gasteiger partial charge in [-0.25, -0.2) is 4.98 Å². The summed E-state index contributed by atoms with van der Waals surface area (Å²) in [5.74, 6) is 3.15. The maximum absolute atomic E-state index is 5.82. The number of benzene rings is 1. The molecule has 2 heterocycles. The molecule has 0 saturated carbocycles. The molecule has 2 N–H and O–H groups in total. The minimum atomic E-state index is 0.247. The topological polar surface area (TPSA) is 71.5 Å². The monoisotopic (exact) mass is 275 g/mol. The highest BCUT2D eigenvalue weighted by atomic mass is 16.7. The van der Waals surface area contributed by atoms with E-state index >= 15 is 0 Å². The smallest absolute Gasteiger partial charge is 0.231 e. The van der Waals surface area contributed by atoms with Gasteiger partial charge in [-0.05, 0) is 13.0 Å². The van der Waals surface area contributed by atoms with E-state index < -0.39 is 0 Å². The molecular formula is C14H17N3O3. The summed E-state index contributed by atoms with van der Waals surface area (Å²) in [6.45, 7) is 3.90. The normalized spacial score (nSPS) is 12.7.